The highest BCUT2D eigenvalue weighted by atomic mass is 16.5. The van der Waals surface area contributed by atoms with Crippen LogP contribution in [-0.2, 0) is 6.61 Å². The van der Waals surface area contributed by atoms with Crippen molar-refractivity contribution in [2.45, 2.75) is 32.3 Å². The summed E-state index contributed by atoms with van der Waals surface area (Å²) in [6.45, 7) is 1.76. The van der Waals surface area contributed by atoms with E-state index in [2.05, 4.69) is 15.4 Å². The Bertz CT molecular complexity index is 656. The number of nitrogens with two attached hydrogens (primary N) is 1. The van der Waals surface area contributed by atoms with Gasteiger partial charge < -0.3 is 15.3 Å². The Hall–Kier alpha value is -2.18. The molecule has 0 bridgehead atoms. The fourth-order valence-electron chi connectivity index (χ4n) is 2.11. The molecule has 0 saturated heterocycles. The van der Waals surface area contributed by atoms with Gasteiger partial charge in [-0.2, -0.15) is 4.98 Å². The van der Waals surface area contributed by atoms with Gasteiger partial charge in [0.05, 0.1) is 12.2 Å². The monoisotopic (exact) mass is 286 g/mol. The second-order valence-corrected chi connectivity index (χ2v) is 5.15. The van der Waals surface area contributed by atoms with Crippen LogP contribution < -0.4 is 16.0 Å². The lowest BCUT2D eigenvalue weighted by molar-refractivity contribution is 0.276. The Morgan fingerprint density at radius 2 is 2.10 bits per heavy atom. The summed E-state index contributed by atoms with van der Waals surface area (Å²) >= 11 is 0. The van der Waals surface area contributed by atoms with Crippen LogP contribution in [-0.4, -0.2) is 15.1 Å². The molecule has 0 spiro atoms. The van der Waals surface area contributed by atoms with Gasteiger partial charge in [-0.3, -0.25) is 0 Å². The highest BCUT2D eigenvalue weighted by molar-refractivity contribution is 5.50. The number of aliphatic hydroxyl groups excluding tert-OH is 1. The molecule has 1 fully saturated rings. The van der Waals surface area contributed by atoms with Gasteiger partial charge in [0.15, 0.2) is 5.82 Å². The number of aliphatic hydroxyl groups is 1. The zero-order valence-electron chi connectivity index (χ0n) is 11.8. The molecule has 1 saturated carbocycles. The number of benzene rings is 1. The molecule has 2 aromatic rings. The third-order valence-electron chi connectivity index (χ3n) is 3.55. The second-order valence-electron chi connectivity index (χ2n) is 5.15. The van der Waals surface area contributed by atoms with Crippen LogP contribution in [0.1, 0.15) is 35.7 Å². The molecule has 1 aliphatic rings. The minimum absolute atomic E-state index is 0.0855. The minimum atomic E-state index is -0.0855. The van der Waals surface area contributed by atoms with E-state index in [0.717, 1.165) is 24.2 Å². The largest absolute Gasteiger partial charge is 0.438 e. The number of para-hydroxylation sites is 1. The van der Waals surface area contributed by atoms with E-state index < -0.39 is 0 Å². The molecule has 0 unspecified atom stereocenters. The second kappa shape index (κ2) is 5.67. The first kappa shape index (κ1) is 13.8. The molecule has 1 aliphatic carbocycles. The average molecular weight is 286 g/mol. The molecule has 6 nitrogen and oxygen atoms in total. The Labute approximate surface area is 123 Å². The summed E-state index contributed by atoms with van der Waals surface area (Å²) in [4.78, 5) is 8.92. The molecule has 4 N–H and O–H groups in total. The van der Waals surface area contributed by atoms with E-state index >= 15 is 0 Å². The number of hydrogen-bond donors (Lipinski definition) is 3. The normalized spacial score (nSPS) is 14.0. The van der Waals surface area contributed by atoms with Gasteiger partial charge in [-0.25, -0.2) is 10.8 Å². The molecular formula is C15H18N4O2. The third kappa shape index (κ3) is 2.81. The van der Waals surface area contributed by atoms with Crippen molar-refractivity contribution in [1.82, 2.24) is 9.97 Å². The van der Waals surface area contributed by atoms with Crippen molar-refractivity contribution >= 4 is 5.82 Å². The zero-order valence-corrected chi connectivity index (χ0v) is 11.8. The first-order chi connectivity index (χ1) is 10.2. The van der Waals surface area contributed by atoms with Crippen molar-refractivity contribution in [3.63, 3.8) is 0 Å². The Kier molecular flexibility index (Phi) is 3.72. The maximum atomic E-state index is 9.37. The number of hydrazine groups is 1. The van der Waals surface area contributed by atoms with Crippen LogP contribution in [0, 0.1) is 6.92 Å². The van der Waals surface area contributed by atoms with Gasteiger partial charge in [0, 0.05) is 11.5 Å². The third-order valence-corrected chi connectivity index (χ3v) is 3.55. The highest BCUT2D eigenvalue weighted by Gasteiger charge is 2.28. The summed E-state index contributed by atoms with van der Waals surface area (Å²) in [5, 5.41) is 9.37. The van der Waals surface area contributed by atoms with Gasteiger partial charge in [0.2, 0.25) is 5.88 Å². The molecule has 1 aromatic carbocycles. The molecular weight excluding hydrogens is 268 g/mol. The van der Waals surface area contributed by atoms with Crippen LogP contribution in [0.4, 0.5) is 5.82 Å². The quantitative estimate of drug-likeness (QED) is 0.576. The zero-order chi connectivity index (χ0) is 14.8. The molecule has 6 heteroatoms. The summed E-state index contributed by atoms with van der Waals surface area (Å²) in [6, 6.07) is 7.33. The number of ether oxygens (including phenoxy) is 1. The van der Waals surface area contributed by atoms with E-state index in [1.54, 1.807) is 6.07 Å². The molecule has 1 heterocycles. The number of nitrogen functional groups attached to an aromatic ring is 1. The van der Waals surface area contributed by atoms with Crippen molar-refractivity contribution in [3.05, 3.63) is 41.2 Å². The van der Waals surface area contributed by atoms with Crippen molar-refractivity contribution < 1.29 is 9.84 Å². The smallest absolute Gasteiger partial charge is 0.227 e. The summed E-state index contributed by atoms with van der Waals surface area (Å²) in [6.07, 6.45) is 2.19. The maximum absolute atomic E-state index is 9.37. The van der Waals surface area contributed by atoms with E-state index in [-0.39, 0.29) is 6.61 Å². The summed E-state index contributed by atoms with van der Waals surface area (Å²) in [5.74, 6) is 8.31. The first-order valence-electron chi connectivity index (χ1n) is 6.94. The summed E-state index contributed by atoms with van der Waals surface area (Å²) < 4.78 is 5.89. The Morgan fingerprint density at radius 1 is 1.33 bits per heavy atom. The molecule has 21 heavy (non-hydrogen) atoms. The van der Waals surface area contributed by atoms with Crippen molar-refractivity contribution in [2.75, 3.05) is 5.43 Å². The van der Waals surface area contributed by atoms with Gasteiger partial charge in [0.1, 0.15) is 11.6 Å². The van der Waals surface area contributed by atoms with Gasteiger partial charge in [-0.15, -0.1) is 0 Å². The molecule has 3 rings (SSSR count). The van der Waals surface area contributed by atoms with Crippen molar-refractivity contribution in [1.29, 1.82) is 0 Å². The van der Waals surface area contributed by atoms with Crippen molar-refractivity contribution in [2.24, 2.45) is 5.84 Å². The molecule has 0 aliphatic heterocycles. The lowest BCUT2D eigenvalue weighted by atomic mass is 10.2. The first-order valence-corrected chi connectivity index (χ1v) is 6.94. The van der Waals surface area contributed by atoms with Crippen LogP contribution in [0.25, 0.3) is 0 Å². The molecule has 0 radical (unpaired) electrons. The van der Waals surface area contributed by atoms with Crippen LogP contribution in [0.15, 0.2) is 24.3 Å². The predicted octanol–water partition coefficient (Wildman–Crippen LogP) is 2.23. The fraction of sp³-hybridized carbons (Fsp3) is 0.333. The lowest BCUT2D eigenvalue weighted by Crippen LogP contribution is -2.13. The summed E-state index contributed by atoms with van der Waals surface area (Å²) in [5.41, 5.74) is 4.05. The van der Waals surface area contributed by atoms with E-state index in [9.17, 15) is 5.11 Å². The van der Waals surface area contributed by atoms with Crippen LogP contribution >= 0.6 is 0 Å². The van der Waals surface area contributed by atoms with Gasteiger partial charge in [0.25, 0.3) is 0 Å². The summed E-state index contributed by atoms with van der Waals surface area (Å²) in [7, 11) is 0. The fourth-order valence-corrected chi connectivity index (χ4v) is 2.11. The van der Waals surface area contributed by atoms with Crippen LogP contribution in [0.2, 0.25) is 0 Å². The Balaban J connectivity index is 1.99. The van der Waals surface area contributed by atoms with Gasteiger partial charge in [-0.1, -0.05) is 18.2 Å². The van der Waals surface area contributed by atoms with Crippen molar-refractivity contribution in [3.8, 4) is 11.6 Å². The van der Waals surface area contributed by atoms with Crippen LogP contribution in [0.5, 0.6) is 11.6 Å². The molecule has 0 atom stereocenters. The van der Waals surface area contributed by atoms with E-state index in [1.807, 2.05) is 25.1 Å². The number of nitrogens with zero attached hydrogens (tertiary/aromatic N) is 2. The molecule has 1 aromatic heterocycles. The van der Waals surface area contributed by atoms with E-state index in [4.69, 9.17) is 10.6 Å². The molecule has 0 amide bonds. The number of rotatable bonds is 5. The maximum Gasteiger partial charge on any atom is 0.227 e. The minimum Gasteiger partial charge on any atom is -0.438 e. The van der Waals surface area contributed by atoms with E-state index in [1.165, 1.54) is 0 Å². The number of aromatic nitrogens is 2. The number of hydrogen-bond acceptors (Lipinski definition) is 6. The SMILES string of the molecule is Cc1c(NN)nc(C2CC2)nc1Oc1ccccc1CO. The Morgan fingerprint density at radius 3 is 2.76 bits per heavy atom. The number of nitrogens with one attached hydrogen (secondary N) is 1. The lowest BCUT2D eigenvalue weighted by Gasteiger charge is -2.14. The average Bonchev–Trinajstić information content (AvgIpc) is 3.34. The van der Waals surface area contributed by atoms with Gasteiger partial charge in [-0.05, 0) is 25.8 Å². The topological polar surface area (TPSA) is 93.3 Å². The molecule has 110 valence electrons. The van der Waals surface area contributed by atoms with Gasteiger partial charge >= 0.3 is 0 Å². The number of anilines is 1. The van der Waals surface area contributed by atoms with E-state index in [0.29, 0.717) is 28.9 Å². The standard InChI is InChI=1S/C15H18N4O2/c1-9-13(19-16)17-14(10-6-7-10)18-15(9)21-12-5-3-2-4-11(12)8-20/h2-5,10,20H,6-8,16H2,1H3,(H,17,18,19). The van der Waals surface area contributed by atoms with Crippen LogP contribution in [0.3, 0.4) is 0 Å². The predicted molar refractivity (Wildman–Crippen MR) is 79.0 cm³/mol. The highest BCUT2D eigenvalue weighted by Crippen LogP contribution is 2.40.